The number of rotatable bonds is 7. The Bertz CT molecular complexity index is 1650. The molecule has 1 aromatic heterocycles. The summed E-state index contributed by atoms with van der Waals surface area (Å²) < 4.78 is 32.4. The molecule has 3 N–H and O–H groups in total. The van der Waals surface area contributed by atoms with Gasteiger partial charge in [0.15, 0.2) is 6.29 Å². The summed E-state index contributed by atoms with van der Waals surface area (Å²) in [5, 5.41) is 37.0. The fraction of sp³-hybridized carbons (Fsp3) is 0.682. The number of likely N-dealkylation sites (N-methyl/N-ethyl adjacent to an activating group) is 1. The second kappa shape index (κ2) is 18.8. The molecule has 4 aliphatic heterocycles. The van der Waals surface area contributed by atoms with Gasteiger partial charge in [0.2, 0.25) is 0 Å². The van der Waals surface area contributed by atoms with Crippen molar-refractivity contribution in [3.8, 4) is 0 Å². The first-order chi connectivity index (χ1) is 26.5. The van der Waals surface area contributed by atoms with E-state index in [9.17, 15) is 20.1 Å². The highest BCUT2D eigenvalue weighted by Gasteiger charge is 2.51. The van der Waals surface area contributed by atoms with Gasteiger partial charge in [0, 0.05) is 42.7 Å². The first-order valence-corrected chi connectivity index (χ1v) is 20.4. The summed E-state index contributed by atoms with van der Waals surface area (Å²) in [7, 11) is 3.85. The minimum atomic E-state index is -1.63. The van der Waals surface area contributed by atoms with Gasteiger partial charge in [-0.25, -0.2) is 0 Å². The molecule has 312 valence electrons. The first kappa shape index (κ1) is 44.2. The quantitative estimate of drug-likeness (QED) is 0.319. The molecule has 0 spiro atoms. The van der Waals surface area contributed by atoms with E-state index in [1.807, 2.05) is 84.1 Å². The number of hydrogen-bond acceptors (Lipinski definition) is 12. The Morgan fingerprint density at radius 1 is 1.09 bits per heavy atom. The average molecular weight is 782 g/mol. The number of para-hydroxylation sites is 1. The number of esters is 1. The summed E-state index contributed by atoms with van der Waals surface area (Å²) in [6.07, 6.45) is 4.75. The number of fused-ring (bicyclic) bond motifs is 15. The van der Waals surface area contributed by atoms with Gasteiger partial charge in [-0.3, -0.25) is 14.7 Å². The van der Waals surface area contributed by atoms with E-state index in [1.165, 1.54) is 0 Å². The molecular formula is C44H67N3O9. The van der Waals surface area contributed by atoms with E-state index in [0.717, 1.165) is 16.5 Å². The van der Waals surface area contributed by atoms with E-state index in [-0.39, 0.29) is 30.7 Å². The molecule has 0 amide bonds. The molecule has 5 heterocycles. The third kappa shape index (κ3) is 10.0. The van der Waals surface area contributed by atoms with Gasteiger partial charge < -0.3 is 43.9 Å². The van der Waals surface area contributed by atoms with Gasteiger partial charge in [-0.05, 0) is 97.7 Å². The molecule has 6 rings (SSSR count). The zero-order chi connectivity index (χ0) is 40.9. The number of nitrogens with zero attached hydrogens (tertiary/aromatic N) is 3. The van der Waals surface area contributed by atoms with Crippen LogP contribution in [0.25, 0.3) is 17.0 Å². The van der Waals surface area contributed by atoms with Crippen molar-refractivity contribution in [3.63, 3.8) is 0 Å². The van der Waals surface area contributed by atoms with Gasteiger partial charge >= 0.3 is 5.97 Å². The highest BCUT2D eigenvalue weighted by atomic mass is 16.7. The van der Waals surface area contributed by atoms with E-state index in [1.54, 1.807) is 26.2 Å². The molecule has 0 radical (unpaired) electrons. The van der Waals surface area contributed by atoms with Crippen molar-refractivity contribution in [2.45, 2.75) is 141 Å². The monoisotopic (exact) mass is 781 g/mol. The minimum Gasteiger partial charge on any atom is -0.493 e. The molecule has 1 aromatic carbocycles. The van der Waals surface area contributed by atoms with Crippen molar-refractivity contribution >= 4 is 22.9 Å². The van der Waals surface area contributed by atoms with Gasteiger partial charge in [-0.1, -0.05) is 51.1 Å². The SMILES string of the molecule is CC[C@H]1OC(=O)C(C)C(O)[C@H](C)[C@@H](O[C@@H]2O[C@H](C)C[C@H](N(C)C)[C@H]2O)[C@@]2(C)C[C@@H](C)CN(C/C=C/c3cnc4ccccc4c3)[C@H](C)[C@H](O/C=C/CO2)[C@]1(C)O. The molecule has 2 bridgehead atoms. The van der Waals surface area contributed by atoms with E-state index in [4.69, 9.17) is 23.7 Å². The highest BCUT2D eigenvalue weighted by Crippen LogP contribution is 2.39. The van der Waals surface area contributed by atoms with Crippen molar-refractivity contribution in [2.24, 2.45) is 17.8 Å². The predicted octanol–water partition coefficient (Wildman–Crippen LogP) is 5.18. The Morgan fingerprint density at radius 2 is 1.82 bits per heavy atom. The number of hydrogen-bond donors (Lipinski definition) is 3. The largest absolute Gasteiger partial charge is 0.493 e. The van der Waals surface area contributed by atoms with Crippen LogP contribution in [-0.2, 0) is 28.5 Å². The summed E-state index contributed by atoms with van der Waals surface area (Å²) in [5.41, 5.74) is -0.764. The molecule has 12 nitrogen and oxygen atoms in total. The lowest BCUT2D eigenvalue weighted by atomic mass is 9.77. The maximum Gasteiger partial charge on any atom is 0.311 e. The first-order valence-electron chi connectivity index (χ1n) is 20.4. The second-order valence-electron chi connectivity index (χ2n) is 17.2. The topological polar surface area (TPSA) is 143 Å². The number of aromatic nitrogens is 1. The number of carbonyl (C=O) groups excluding carboxylic acids is 1. The number of benzene rings is 1. The fourth-order valence-electron chi connectivity index (χ4n) is 9.12. The van der Waals surface area contributed by atoms with Crippen LogP contribution in [-0.4, -0.2) is 136 Å². The van der Waals surface area contributed by atoms with E-state index < -0.39 is 65.8 Å². The van der Waals surface area contributed by atoms with Crippen LogP contribution in [0.3, 0.4) is 0 Å². The Morgan fingerprint density at radius 3 is 2.54 bits per heavy atom. The molecule has 2 unspecified atom stereocenters. The summed E-state index contributed by atoms with van der Waals surface area (Å²) >= 11 is 0. The number of aliphatic hydroxyl groups is 3. The van der Waals surface area contributed by atoms with Crippen molar-refractivity contribution in [1.29, 1.82) is 0 Å². The van der Waals surface area contributed by atoms with E-state index in [2.05, 4.69) is 35.0 Å². The number of pyridine rings is 1. The van der Waals surface area contributed by atoms with Crippen LogP contribution < -0.4 is 0 Å². The fourth-order valence-corrected chi connectivity index (χ4v) is 9.12. The van der Waals surface area contributed by atoms with Crippen LogP contribution in [0, 0.1) is 17.8 Å². The molecule has 12 heteroatoms. The van der Waals surface area contributed by atoms with Crippen molar-refractivity contribution < 1.29 is 43.8 Å². The lowest BCUT2D eigenvalue weighted by molar-refractivity contribution is -0.303. The average Bonchev–Trinajstić information content (AvgIpc) is 3.15. The van der Waals surface area contributed by atoms with Crippen LogP contribution in [0.2, 0.25) is 0 Å². The second-order valence-corrected chi connectivity index (χ2v) is 17.2. The summed E-state index contributed by atoms with van der Waals surface area (Å²) in [5.74, 6) is -2.31. The normalized spacial score (nSPS) is 40.3. The zero-order valence-corrected chi connectivity index (χ0v) is 35.1. The van der Waals surface area contributed by atoms with E-state index >= 15 is 0 Å². The Labute approximate surface area is 333 Å². The van der Waals surface area contributed by atoms with Crippen molar-refractivity contribution in [2.75, 3.05) is 33.8 Å². The molecule has 2 aromatic rings. The van der Waals surface area contributed by atoms with Crippen LogP contribution in [0.15, 0.2) is 54.9 Å². The third-order valence-electron chi connectivity index (χ3n) is 12.3. The molecule has 2 fully saturated rings. The van der Waals surface area contributed by atoms with Crippen LogP contribution >= 0.6 is 0 Å². The molecule has 14 atom stereocenters. The maximum atomic E-state index is 13.9. The Hall–Kier alpha value is -2.94. The lowest BCUT2D eigenvalue weighted by Gasteiger charge is -2.48. The van der Waals surface area contributed by atoms with Crippen molar-refractivity contribution in [1.82, 2.24) is 14.8 Å². The third-order valence-corrected chi connectivity index (χ3v) is 12.3. The van der Waals surface area contributed by atoms with Crippen LogP contribution in [0.4, 0.5) is 0 Å². The zero-order valence-electron chi connectivity index (χ0n) is 35.1. The van der Waals surface area contributed by atoms with Crippen LogP contribution in [0.1, 0.15) is 80.2 Å². The Kier molecular flexibility index (Phi) is 14.8. The van der Waals surface area contributed by atoms with Gasteiger partial charge in [0.25, 0.3) is 0 Å². The van der Waals surface area contributed by atoms with Crippen molar-refractivity contribution in [3.05, 3.63) is 60.5 Å². The molecule has 0 saturated carbocycles. The molecule has 2 saturated heterocycles. The predicted molar refractivity (Wildman–Crippen MR) is 216 cm³/mol. The summed E-state index contributed by atoms with van der Waals surface area (Å²) in [6.45, 7) is 16.4. The molecular weight excluding hydrogens is 714 g/mol. The highest BCUT2D eigenvalue weighted by molar-refractivity contribution is 5.80. The molecule has 56 heavy (non-hydrogen) atoms. The smallest absolute Gasteiger partial charge is 0.311 e. The molecule has 4 aliphatic rings. The van der Waals surface area contributed by atoms with Gasteiger partial charge in [-0.15, -0.1) is 0 Å². The number of ether oxygens (including phenoxy) is 5. The maximum absolute atomic E-state index is 13.9. The molecule has 0 aliphatic carbocycles. The lowest BCUT2D eigenvalue weighted by Crippen LogP contribution is -2.60. The standard InChI is InChI=1S/C44H67N3O9/c1-11-36-44(8,51)40-31(6)47(19-14-16-32-23-33-17-12-13-18-34(33)45-25-32)26-27(2)24-43(7,53-21-15-20-52-40)39(29(4)37(48)30(5)41(50)55-36)56-42-38(49)35(46(9)10)22-28(3)54-42/h12-18,20,23,25,27-31,35-40,42,48-49,51H,11,19,21-22,24,26H2,1-10H3/b16-14+,20-15+/t27-,28-,29+,30?,31-,35+,36-,37?,38-,39-,40+,42+,43-,44-/m1/s1. The van der Waals surface area contributed by atoms with E-state index in [0.29, 0.717) is 32.4 Å². The number of carbonyl (C=O) groups is 1. The summed E-state index contributed by atoms with van der Waals surface area (Å²) in [4.78, 5) is 22.8. The van der Waals surface area contributed by atoms with Gasteiger partial charge in [0.1, 0.15) is 23.9 Å². The number of aliphatic hydroxyl groups excluding tert-OH is 2. The minimum absolute atomic E-state index is 0.00400. The van der Waals surface area contributed by atoms with Gasteiger partial charge in [-0.2, -0.15) is 0 Å². The van der Waals surface area contributed by atoms with Crippen LogP contribution in [0.5, 0.6) is 0 Å². The van der Waals surface area contributed by atoms with Gasteiger partial charge in [0.05, 0.1) is 48.2 Å². The Balaban J connectivity index is 1.58. The summed E-state index contributed by atoms with van der Waals surface area (Å²) in [6, 6.07) is 9.55.